The number of nitrogens with one attached hydrogen (secondary N) is 1. The molecule has 6 nitrogen and oxygen atoms in total. The molecular formula is C18H26N2O4. The van der Waals surface area contributed by atoms with E-state index < -0.39 is 11.9 Å². The number of urea groups is 1. The van der Waals surface area contributed by atoms with Crippen LogP contribution in [0.25, 0.3) is 0 Å². The molecule has 1 aliphatic heterocycles. The predicted molar refractivity (Wildman–Crippen MR) is 91.0 cm³/mol. The van der Waals surface area contributed by atoms with Gasteiger partial charge in [0.25, 0.3) is 0 Å². The average molecular weight is 334 g/mol. The Balaban J connectivity index is 1.83. The van der Waals surface area contributed by atoms with Crippen LogP contribution in [0.3, 0.4) is 0 Å². The minimum atomic E-state index is -0.829. The molecule has 0 spiro atoms. The number of ether oxygens (including phenoxy) is 1. The molecule has 1 aliphatic rings. The van der Waals surface area contributed by atoms with Gasteiger partial charge in [0.2, 0.25) is 0 Å². The second-order valence-electron chi connectivity index (χ2n) is 6.13. The molecular weight excluding hydrogens is 308 g/mol. The zero-order valence-electron chi connectivity index (χ0n) is 14.2. The third kappa shape index (κ3) is 5.44. The van der Waals surface area contributed by atoms with Crippen LogP contribution in [0, 0.1) is 5.92 Å². The molecule has 2 rings (SSSR count). The van der Waals surface area contributed by atoms with Crippen molar-refractivity contribution in [3.63, 3.8) is 0 Å². The highest BCUT2D eigenvalue weighted by Crippen LogP contribution is 2.17. The Bertz CT molecular complexity index is 562. The number of unbranched alkanes of at least 4 members (excludes halogenated alkanes) is 1. The van der Waals surface area contributed by atoms with Gasteiger partial charge in [-0.15, -0.1) is 0 Å². The fourth-order valence-electron chi connectivity index (χ4n) is 2.73. The summed E-state index contributed by atoms with van der Waals surface area (Å²) in [5.41, 5.74) is 0.962. The summed E-state index contributed by atoms with van der Waals surface area (Å²) in [6.07, 6.45) is 3.46. The van der Waals surface area contributed by atoms with Gasteiger partial charge in [-0.05, 0) is 37.0 Å². The molecule has 0 bridgehead atoms. The quantitative estimate of drug-likeness (QED) is 0.752. The van der Waals surface area contributed by atoms with Crippen molar-refractivity contribution < 1.29 is 19.4 Å². The Hall–Kier alpha value is -2.24. The van der Waals surface area contributed by atoms with Crippen molar-refractivity contribution in [2.75, 3.05) is 19.7 Å². The van der Waals surface area contributed by atoms with E-state index in [0.717, 1.165) is 30.6 Å². The predicted octanol–water partition coefficient (Wildman–Crippen LogP) is 2.87. The third-order valence-electron chi connectivity index (χ3n) is 4.17. The number of piperidine rings is 1. The highest BCUT2D eigenvalue weighted by molar-refractivity contribution is 5.76. The molecule has 24 heavy (non-hydrogen) atoms. The van der Waals surface area contributed by atoms with Gasteiger partial charge < -0.3 is 20.1 Å². The van der Waals surface area contributed by atoms with Crippen molar-refractivity contribution >= 4 is 12.0 Å². The number of carbonyl (C=O) groups is 2. The Kier molecular flexibility index (Phi) is 6.90. The lowest BCUT2D eigenvalue weighted by molar-refractivity contribution is -0.143. The molecule has 0 aromatic heterocycles. The second kappa shape index (κ2) is 9.15. The van der Waals surface area contributed by atoms with Gasteiger partial charge in [0, 0.05) is 19.6 Å². The molecule has 2 amide bonds. The SMILES string of the molecule is CCCCOc1cccc(CNC(=O)N2CCCC(C(=O)O)C2)c1. The van der Waals surface area contributed by atoms with Crippen molar-refractivity contribution in [2.45, 2.75) is 39.2 Å². The normalized spacial score (nSPS) is 17.4. The lowest BCUT2D eigenvalue weighted by Gasteiger charge is -2.30. The number of amides is 2. The van der Waals surface area contributed by atoms with E-state index in [2.05, 4.69) is 12.2 Å². The van der Waals surface area contributed by atoms with Crippen molar-refractivity contribution in [1.29, 1.82) is 0 Å². The lowest BCUT2D eigenvalue weighted by atomic mass is 9.99. The van der Waals surface area contributed by atoms with E-state index in [9.17, 15) is 9.59 Å². The van der Waals surface area contributed by atoms with E-state index in [1.165, 1.54) is 0 Å². The number of carbonyl (C=O) groups excluding carboxylic acids is 1. The Labute approximate surface area is 142 Å². The highest BCUT2D eigenvalue weighted by Gasteiger charge is 2.27. The average Bonchev–Trinajstić information content (AvgIpc) is 2.60. The summed E-state index contributed by atoms with van der Waals surface area (Å²) >= 11 is 0. The zero-order chi connectivity index (χ0) is 17.4. The van der Waals surface area contributed by atoms with E-state index >= 15 is 0 Å². The van der Waals surface area contributed by atoms with E-state index in [4.69, 9.17) is 9.84 Å². The van der Waals surface area contributed by atoms with Crippen LogP contribution in [0.4, 0.5) is 4.79 Å². The minimum absolute atomic E-state index is 0.210. The minimum Gasteiger partial charge on any atom is -0.494 e. The van der Waals surface area contributed by atoms with Gasteiger partial charge in [-0.3, -0.25) is 4.79 Å². The molecule has 0 aliphatic carbocycles. The molecule has 0 saturated carbocycles. The topological polar surface area (TPSA) is 78.9 Å². The molecule has 0 radical (unpaired) electrons. The van der Waals surface area contributed by atoms with E-state index in [0.29, 0.717) is 26.1 Å². The largest absolute Gasteiger partial charge is 0.494 e. The Morgan fingerprint density at radius 2 is 2.25 bits per heavy atom. The van der Waals surface area contributed by atoms with Gasteiger partial charge in [0.1, 0.15) is 5.75 Å². The summed E-state index contributed by atoms with van der Waals surface area (Å²) in [5, 5.41) is 12.0. The number of likely N-dealkylation sites (tertiary alicyclic amines) is 1. The number of carboxylic acids is 1. The van der Waals surface area contributed by atoms with Crippen LogP contribution in [-0.2, 0) is 11.3 Å². The molecule has 1 aromatic rings. The molecule has 1 unspecified atom stereocenters. The number of benzene rings is 1. The van der Waals surface area contributed by atoms with E-state index in [1.807, 2.05) is 24.3 Å². The summed E-state index contributed by atoms with van der Waals surface area (Å²) in [7, 11) is 0. The van der Waals surface area contributed by atoms with Gasteiger partial charge in [-0.25, -0.2) is 4.79 Å². The van der Waals surface area contributed by atoms with Crippen LogP contribution >= 0.6 is 0 Å². The highest BCUT2D eigenvalue weighted by atomic mass is 16.5. The van der Waals surface area contributed by atoms with E-state index in [-0.39, 0.29) is 12.6 Å². The Morgan fingerprint density at radius 3 is 3.00 bits per heavy atom. The van der Waals surface area contributed by atoms with Crippen molar-refractivity contribution in [3.8, 4) is 5.75 Å². The molecule has 1 aromatic carbocycles. The first-order valence-electron chi connectivity index (χ1n) is 8.57. The van der Waals surface area contributed by atoms with Crippen LogP contribution in [0.15, 0.2) is 24.3 Å². The van der Waals surface area contributed by atoms with Crippen LogP contribution < -0.4 is 10.1 Å². The third-order valence-corrected chi connectivity index (χ3v) is 4.17. The van der Waals surface area contributed by atoms with Crippen molar-refractivity contribution in [3.05, 3.63) is 29.8 Å². The molecule has 1 fully saturated rings. The van der Waals surface area contributed by atoms with Crippen molar-refractivity contribution in [2.24, 2.45) is 5.92 Å². The van der Waals surface area contributed by atoms with Crippen molar-refractivity contribution in [1.82, 2.24) is 10.2 Å². The standard InChI is InChI=1S/C18H26N2O4/c1-2-3-10-24-16-8-4-6-14(11-16)12-19-18(23)20-9-5-7-15(13-20)17(21)22/h4,6,8,11,15H,2-3,5,7,9-10,12-13H2,1H3,(H,19,23)(H,21,22). The van der Waals surface area contributed by atoms with Crippen LogP contribution in [-0.4, -0.2) is 41.7 Å². The van der Waals surface area contributed by atoms with Gasteiger partial charge in [0.05, 0.1) is 12.5 Å². The lowest BCUT2D eigenvalue weighted by Crippen LogP contribution is -2.46. The summed E-state index contributed by atoms with van der Waals surface area (Å²) in [4.78, 5) is 24.9. The molecule has 2 N–H and O–H groups in total. The van der Waals surface area contributed by atoms with Crippen LogP contribution in [0.1, 0.15) is 38.2 Å². The van der Waals surface area contributed by atoms with Crippen LogP contribution in [0.2, 0.25) is 0 Å². The monoisotopic (exact) mass is 334 g/mol. The number of nitrogens with zero attached hydrogens (tertiary/aromatic N) is 1. The molecule has 6 heteroatoms. The Morgan fingerprint density at radius 1 is 1.42 bits per heavy atom. The first-order chi connectivity index (χ1) is 11.6. The summed E-state index contributed by atoms with van der Waals surface area (Å²) in [5.74, 6) is -0.483. The molecule has 132 valence electrons. The number of rotatable bonds is 7. The van der Waals surface area contributed by atoms with E-state index in [1.54, 1.807) is 4.90 Å². The molecule has 1 heterocycles. The summed E-state index contributed by atoms with van der Waals surface area (Å²) in [6.45, 7) is 4.09. The van der Waals surface area contributed by atoms with Gasteiger partial charge >= 0.3 is 12.0 Å². The maximum atomic E-state index is 12.2. The maximum absolute atomic E-state index is 12.2. The number of hydrogen-bond donors (Lipinski definition) is 2. The van der Waals surface area contributed by atoms with Gasteiger partial charge in [-0.2, -0.15) is 0 Å². The zero-order valence-corrected chi connectivity index (χ0v) is 14.2. The summed E-state index contributed by atoms with van der Waals surface area (Å²) < 4.78 is 5.66. The fraction of sp³-hybridized carbons (Fsp3) is 0.556. The van der Waals surface area contributed by atoms with Crippen LogP contribution in [0.5, 0.6) is 5.75 Å². The molecule has 1 atom stereocenters. The fourth-order valence-corrected chi connectivity index (χ4v) is 2.73. The number of carboxylic acid groups (broad SMARTS) is 1. The smallest absolute Gasteiger partial charge is 0.317 e. The number of hydrogen-bond acceptors (Lipinski definition) is 3. The number of aliphatic carboxylic acids is 1. The van der Waals surface area contributed by atoms with Gasteiger partial charge in [-0.1, -0.05) is 25.5 Å². The first kappa shape index (κ1) is 18.1. The second-order valence-corrected chi connectivity index (χ2v) is 6.13. The maximum Gasteiger partial charge on any atom is 0.317 e. The molecule has 1 saturated heterocycles. The first-order valence-corrected chi connectivity index (χ1v) is 8.57. The summed E-state index contributed by atoms with van der Waals surface area (Å²) in [6, 6.07) is 7.46. The van der Waals surface area contributed by atoms with Gasteiger partial charge in [0.15, 0.2) is 0 Å².